The van der Waals surface area contributed by atoms with Crippen LogP contribution in [-0.2, 0) is 0 Å². The Hall–Kier alpha value is -0.530. The van der Waals surface area contributed by atoms with Crippen LogP contribution < -0.4 is 5.32 Å². The maximum Gasteiger partial charge on any atom is 0.0483 e. The van der Waals surface area contributed by atoms with Crippen LogP contribution in [0, 0.1) is 24.7 Å². The zero-order valence-electron chi connectivity index (χ0n) is 13.2. The highest BCUT2D eigenvalue weighted by atomic mass is 35.5. The van der Waals surface area contributed by atoms with Gasteiger partial charge < -0.3 is 5.32 Å². The Bertz CT molecular complexity index is 433. The van der Waals surface area contributed by atoms with E-state index >= 15 is 0 Å². The van der Waals surface area contributed by atoms with Gasteiger partial charge in [0.15, 0.2) is 0 Å². The third kappa shape index (κ3) is 3.56. The molecule has 0 aromatic heterocycles. The molecule has 0 aliphatic heterocycles. The second-order valence-corrected chi connectivity index (χ2v) is 7.07. The average Bonchev–Trinajstić information content (AvgIpc) is 2.38. The van der Waals surface area contributed by atoms with Gasteiger partial charge in [0, 0.05) is 11.1 Å². The van der Waals surface area contributed by atoms with E-state index in [-0.39, 0.29) is 0 Å². The van der Waals surface area contributed by atoms with E-state index in [0.717, 1.165) is 23.4 Å². The number of aryl methyl sites for hydroxylation is 1. The monoisotopic (exact) mass is 293 g/mol. The minimum Gasteiger partial charge on any atom is -0.310 e. The van der Waals surface area contributed by atoms with Gasteiger partial charge in [0.1, 0.15) is 0 Å². The standard InChI is InChI=1S/C18H28ClN/c1-5-20-18(15-10-12(2)9-13(3)11-15)16-8-6-7-14(4)17(16)19/h6-8,12-13,15,18,20H,5,9-11H2,1-4H3. The number of rotatable bonds is 4. The summed E-state index contributed by atoms with van der Waals surface area (Å²) in [5.41, 5.74) is 2.48. The lowest BCUT2D eigenvalue weighted by molar-refractivity contribution is 0.177. The molecular weight excluding hydrogens is 266 g/mol. The van der Waals surface area contributed by atoms with Crippen LogP contribution >= 0.6 is 11.6 Å². The second-order valence-electron chi connectivity index (χ2n) is 6.69. The molecule has 1 fully saturated rings. The molecule has 1 nitrogen and oxygen atoms in total. The largest absolute Gasteiger partial charge is 0.310 e. The topological polar surface area (TPSA) is 12.0 Å². The number of hydrogen-bond acceptors (Lipinski definition) is 1. The first-order chi connectivity index (χ1) is 9.52. The Kier molecular flexibility index (Phi) is 5.51. The third-order valence-corrected chi connectivity index (χ3v) is 5.18. The molecule has 2 heteroatoms. The zero-order chi connectivity index (χ0) is 14.7. The number of hydrogen-bond donors (Lipinski definition) is 1. The van der Waals surface area contributed by atoms with E-state index in [1.807, 2.05) is 0 Å². The molecule has 0 spiro atoms. The highest BCUT2D eigenvalue weighted by Gasteiger charge is 2.31. The van der Waals surface area contributed by atoms with Crippen LogP contribution in [0.15, 0.2) is 18.2 Å². The Morgan fingerprint density at radius 3 is 2.45 bits per heavy atom. The smallest absolute Gasteiger partial charge is 0.0483 e. The summed E-state index contributed by atoms with van der Waals surface area (Å²) in [5.74, 6) is 2.36. The van der Waals surface area contributed by atoms with Gasteiger partial charge in [0.05, 0.1) is 0 Å². The predicted molar refractivity (Wildman–Crippen MR) is 88.3 cm³/mol. The van der Waals surface area contributed by atoms with E-state index in [1.54, 1.807) is 0 Å². The van der Waals surface area contributed by atoms with Gasteiger partial charge in [-0.1, -0.05) is 50.6 Å². The minimum atomic E-state index is 0.401. The van der Waals surface area contributed by atoms with E-state index < -0.39 is 0 Å². The van der Waals surface area contributed by atoms with Crippen molar-refractivity contribution < 1.29 is 0 Å². The van der Waals surface area contributed by atoms with Gasteiger partial charge in [-0.15, -0.1) is 0 Å². The fraction of sp³-hybridized carbons (Fsp3) is 0.667. The van der Waals surface area contributed by atoms with Gasteiger partial charge in [-0.3, -0.25) is 0 Å². The highest BCUT2D eigenvalue weighted by molar-refractivity contribution is 6.32. The van der Waals surface area contributed by atoms with Crippen molar-refractivity contribution in [3.8, 4) is 0 Å². The van der Waals surface area contributed by atoms with Crippen LogP contribution in [-0.4, -0.2) is 6.54 Å². The summed E-state index contributed by atoms with van der Waals surface area (Å²) >= 11 is 6.58. The van der Waals surface area contributed by atoms with Gasteiger partial charge in [0.2, 0.25) is 0 Å². The first-order valence-corrected chi connectivity index (χ1v) is 8.39. The maximum absolute atomic E-state index is 6.58. The molecule has 1 aliphatic carbocycles. The van der Waals surface area contributed by atoms with Crippen LogP contribution in [0.5, 0.6) is 0 Å². The van der Waals surface area contributed by atoms with Gasteiger partial charge in [0.25, 0.3) is 0 Å². The maximum atomic E-state index is 6.58. The molecule has 3 unspecified atom stereocenters. The summed E-state index contributed by atoms with van der Waals surface area (Å²) in [4.78, 5) is 0. The molecule has 0 bridgehead atoms. The van der Waals surface area contributed by atoms with Crippen LogP contribution in [0.2, 0.25) is 5.02 Å². The van der Waals surface area contributed by atoms with Crippen molar-refractivity contribution in [3.05, 3.63) is 34.3 Å². The van der Waals surface area contributed by atoms with Gasteiger partial charge in [-0.2, -0.15) is 0 Å². The molecule has 3 atom stereocenters. The molecular formula is C18H28ClN. The molecule has 0 amide bonds. The molecule has 20 heavy (non-hydrogen) atoms. The fourth-order valence-electron chi connectivity index (χ4n) is 3.94. The van der Waals surface area contributed by atoms with Crippen molar-refractivity contribution >= 4 is 11.6 Å². The van der Waals surface area contributed by atoms with Gasteiger partial charge >= 0.3 is 0 Å². The molecule has 1 aliphatic rings. The van der Waals surface area contributed by atoms with Crippen LogP contribution in [0.4, 0.5) is 0 Å². The Labute approximate surface area is 129 Å². The lowest BCUT2D eigenvalue weighted by Gasteiger charge is -2.37. The van der Waals surface area contributed by atoms with Gasteiger partial charge in [-0.25, -0.2) is 0 Å². The van der Waals surface area contributed by atoms with Crippen molar-refractivity contribution in [2.45, 2.75) is 53.0 Å². The summed E-state index contributed by atoms with van der Waals surface area (Å²) < 4.78 is 0. The minimum absolute atomic E-state index is 0.401. The van der Waals surface area contributed by atoms with Crippen LogP contribution in [0.1, 0.15) is 57.2 Å². The van der Waals surface area contributed by atoms with Crippen molar-refractivity contribution in [2.75, 3.05) is 6.54 Å². The lowest BCUT2D eigenvalue weighted by Crippen LogP contribution is -2.33. The van der Waals surface area contributed by atoms with Crippen molar-refractivity contribution in [2.24, 2.45) is 17.8 Å². The predicted octanol–water partition coefficient (Wildman–Crippen LogP) is 5.37. The van der Waals surface area contributed by atoms with Crippen molar-refractivity contribution in [1.82, 2.24) is 5.32 Å². The van der Waals surface area contributed by atoms with E-state index in [9.17, 15) is 0 Å². The molecule has 0 radical (unpaired) electrons. The molecule has 2 rings (SSSR count). The molecule has 0 saturated heterocycles. The molecule has 1 aromatic carbocycles. The average molecular weight is 294 g/mol. The first kappa shape index (κ1) is 15.9. The number of halogens is 1. The Balaban J connectivity index is 2.28. The van der Waals surface area contributed by atoms with Crippen LogP contribution in [0.3, 0.4) is 0 Å². The van der Waals surface area contributed by atoms with Gasteiger partial charge in [-0.05, 0) is 61.6 Å². The first-order valence-electron chi connectivity index (χ1n) is 8.01. The van der Waals surface area contributed by atoms with E-state index in [0.29, 0.717) is 12.0 Å². The summed E-state index contributed by atoms with van der Waals surface area (Å²) in [6.45, 7) is 10.1. The summed E-state index contributed by atoms with van der Waals surface area (Å²) in [6.07, 6.45) is 4.00. The highest BCUT2D eigenvalue weighted by Crippen LogP contribution is 2.41. The lowest BCUT2D eigenvalue weighted by atomic mass is 9.72. The quantitative estimate of drug-likeness (QED) is 0.787. The Morgan fingerprint density at radius 1 is 1.20 bits per heavy atom. The van der Waals surface area contributed by atoms with E-state index in [4.69, 9.17) is 11.6 Å². The zero-order valence-corrected chi connectivity index (χ0v) is 14.0. The molecule has 1 N–H and O–H groups in total. The normalized spacial score (nSPS) is 28.4. The van der Waals surface area contributed by atoms with E-state index in [2.05, 4.69) is 51.2 Å². The van der Waals surface area contributed by atoms with Crippen LogP contribution in [0.25, 0.3) is 0 Å². The molecule has 1 aromatic rings. The molecule has 112 valence electrons. The van der Waals surface area contributed by atoms with E-state index in [1.165, 1.54) is 30.4 Å². The fourth-order valence-corrected chi connectivity index (χ4v) is 4.19. The van der Waals surface area contributed by atoms with Crippen molar-refractivity contribution in [3.63, 3.8) is 0 Å². The number of nitrogens with one attached hydrogen (secondary N) is 1. The summed E-state index contributed by atoms with van der Waals surface area (Å²) in [6, 6.07) is 6.84. The second kappa shape index (κ2) is 6.95. The van der Waals surface area contributed by atoms with Crippen molar-refractivity contribution in [1.29, 1.82) is 0 Å². The summed E-state index contributed by atoms with van der Waals surface area (Å²) in [7, 11) is 0. The molecule has 1 saturated carbocycles. The SMILES string of the molecule is CCNC(c1cccc(C)c1Cl)C1CC(C)CC(C)C1. The molecule has 0 heterocycles. The Morgan fingerprint density at radius 2 is 1.85 bits per heavy atom. The third-order valence-electron chi connectivity index (χ3n) is 4.67. The number of benzene rings is 1. The summed E-state index contributed by atoms with van der Waals surface area (Å²) in [5, 5.41) is 4.64.